The number of amides is 1. The zero-order valence-corrected chi connectivity index (χ0v) is 16.6. The molecule has 0 aliphatic rings. The molecule has 0 radical (unpaired) electrons. The van der Waals surface area contributed by atoms with Crippen molar-refractivity contribution in [3.05, 3.63) is 63.4 Å². The first-order valence-corrected chi connectivity index (χ1v) is 9.99. The van der Waals surface area contributed by atoms with Crippen LogP contribution in [0.2, 0.25) is 0 Å². The van der Waals surface area contributed by atoms with Crippen molar-refractivity contribution in [3.8, 4) is 5.69 Å². The first-order chi connectivity index (χ1) is 12.4. The van der Waals surface area contributed by atoms with Crippen LogP contribution in [0.5, 0.6) is 0 Å². The lowest BCUT2D eigenvalue weighted by molar-refractivity contribution is -0.113. The van der Waals surface area contributed by atoms with E-state index in [1.165, 1.54) is 40.8 Å². The third-order valence-electron chi connectivity index (χ3n) is 3.72. The number of thioether (sulfide) groups is 1. The minimum absolute atomic E-state index is 0.104. The lowest BCUT2D eigenvalue weighted by atomic mass is 10.1. The number of hydrogen-bond donors (Lipinski definition) is 1. The number of aromatic nitrogens is 2. The highest BCUT2D eigenvalue weighted by Crippen LogP contribution is 2.24. The van der Waals surface area contributed by atoms with Gasteiger partial charge in [0.2, 0.25) is 5.91 Å². The normalized spacial score (nSPS) is 10.7. The van der Waals surface area contributed by atoms with Crippen LogP contribution in [-0.4, -0.2) is 21.4 Å². The van der Waals surface area contributed by atoms with E-state index in [0.717, 1.165) is 11.3 Å². The van der Waals surface area contributed by atoms with Crippen molar-refractivity contribution >= 4 is 46.9 Å². The van der Waals surface area contributed by atoms with Crippen molar-refractivity contribution in [2.24, 2.45) is 0 Å². The lowest BCUT2D eigenvalue weighted by Gasteiger charge is -2.07. The molecule has 1 N–H and O–H groups in total. The number of benzene rings is 2. The minimum Gasteiger partial charge on any atom is -0.325 e. The summed E-state index contributed by atoms with van der Waals surface area (Å²) in [6.07, 6.45) is 0. The summed E-state index contributed by atoms with van der Waals surface area (Å²) in [4.78, 5) is 12.2. The number of halogens is 1. The van der Waals surface area contributed by atoms with Crippen molar-refractivity contribution < 1.29 is 9.18 Å². The number of anilines is 1. The highest BCUT2D eigenvalue weighted by molar-refractivity contribution is 8.01. The van der Waals surface area contributed by atoms with Crippen LogP contribution in [0.4, 0.5) is 10.1 Å². The van der Waals surface area contributed by atoms with Crippen molar-refractivity contribution in [2.45, 2.75) is 18.2 Å². The minimum atomic E-state index is -0.312. The van der Waals surface area contributed by atoms with E-state index in [-0.39, 0.29) is 17.5 Å². The molecule has 134 valence electrons. The van der Waals surface area contributed by atoms with Gasteiger partial charge in [-0.25, -0.2) is 9.07 Å². The molecule has 26 heavy (non-hydrogen) atoms. The Bertz CT molecular complexity index is 996. The molecule has 0 fully saturated rings. The molecule has 1 aromatic heterocycles. The van der Waals surface area contributed by atoms with E-state index in [4.69, 9.17) is 12.2 Å². The fraction of sp³-hybridized carbons (Fsp3) is 0.167. The van der Waals surface area contributed by atoms with Gasteiger partial charge in [0.05, 0.1) is 11.4 Å². The first-order valence-electron chi connectivity index (χ1n) is 7.78. The Kier molecular flexibility index (Phi) is 5.85. The van der Waals surface area contributed by atoms with Crippen LogP contribution in [-0.2, 0) is 4.79 Å². The molecule has 0 aliphatic heterocycles. The Morgan fingerprint density at radius 2 is 1.96 bits per heavy atom. The molecule has 0 atom stereocenters. The number of carbonyl (C=O) groups excluding carboxylic acids is 1. The molecule has 0 saturated carbocycles. The molecule has 2 aromatic carbocycles. The summed E-state index contributed by atoms with van der Waals surface area (Å²) in [5.74, 6) is -0.181. The summed E-state index contributed by atoms with van der Waals surface area (Å²) in [7, 11) is 0. The molecule has 4 nitrogen and oxygen atoms in total. The van der Waals surface area contributed by atoms with E-state index < -0.39 is 0 Å². The summed E-state index contributed by atoms with van der Waals surface area (Å²) < 4.78 is 15.9. The standard InChI is InChI=1S/C18H16FN3OS3/c1-11-3-6-14(9-12(11)2)20-16(23)10-25-17-21-22(18(24)26-17)15-7-4-13(19)5-8-15/h3-9H,10H2,1-2H3,(H,20,23). The largest absolute Gasteiger partial charge is 0.325 e. The molecule has 1 heterocycles. The summed E-state index contributed by atoms with van der Waals surface area (Å²) in [5, 5.41) is 7.29. The van der Waals surface area contributed by atoms with Gasteiger partial charge in [-0.05, 0) is 73.6 Å². The fourth-order valence-electron chi connectivity index (χ4n) is 2.21. The molecular weight excluding hydrogens is 389 g/mol. The van der Waals surface area contributed by atoms with E-state index in [0.29, 0.717) is 14.0 Å². The molecule has 8 heteroatoms. The average Bonchev–Trinajstić information content (AvgIpc) is 2.98. The van der Waals surface area contributed by atoms with Gasteiger partial charge in [0.25, 0.3) is 0 Å². The van der Waals surface area contributed by atoms with E-state index in [1.54, 1.807) is 16.8 Å². The number of carbonyl (C=O) groups is 1. The van der Waals surface area contributed by atoms with Crippen molar-refractivity contribution in [2.75, 3.05) is 11.1 Å². The molecule has 0 unspecified atom stereocenters. The van der Waals surface area contributed by atoms with Gasteiger partial charge in [-0.3, -0.25) is 4.79 Å². The van der Waals surface area contributed by atoms with Crippen molar-refractivity contribution in [1.29, 1.82) is 0 Å². The van der Waals surface area contributed by atoms with Gasteiger partial charge < -0.3 is 5.32 Å². The van der Waals surface area contributed by atoms with Crippen molar-refractivity contribution in [3.63, 3.8) is 0 Å². The van der Waals surface area contributed by atoms with Gasteiger partial charge in [0.15, 0.2) is 8.29 Å². The zero-order chi connectivity index (χ0) is 18.7. The number of nitrogens with zero attached hydrogens (tertiary/aromatic N) is 2. The number of nitrogens with one attached hydrogen (secondary N) is 1. The second-order valence-corrected chi connectivity index (χ2v) is 8.50. The Labute approximate surface area is 164 Å². The third kappa shape index (κ3) is 4.57. The monoisotopic (exact) mass is 405 g/mol. The molecule has 1 amide bonds. The molecular formula is C18H16FN3OS3. The molecule has 0 bridgehead atoms. The quantitative estimate of drug-likeness (QED) is 0.471. The smallest absolute Gasteiger partial charge is 0.234 e. The topological polar surface area (TPSA) is 46.9 Å². The summed E-state index contributed by atoms with van der Waals surface area (Å²) in [5.41, 5.74) is 3.79. The summed E-state index contributed by atoms with van der Waals surface area (Å²) >= 11 is 7.95. The van der Waals surface area contributed by atoms with E-state index in [2.05, 4.69) is 10.4 Å². The van der Waals surface area contributed by atoms with Crippen LogP contribution in [0.1, 0.15) is 11.1 Å². The maximum absolute atomic E-state index is 13.0. The van der Waals surface area contributed by atoms with E-state index >= 15 is 0 Å². The van der Waals surface area contributed by atoms with E-state index in [1.807, 2.05) is 32.0 Å². The molecule has 3 aromatic rings. The van der Waals surface area contributed by atoms with E-state index in [9.17, 15) is 9.18 Å². The fourth-order valence-corrected chi connectivity index (χ4v) is 4.37. The van der Waals surface area contributed by atoms with Gasteiger partial charge in [-0.15, -0.1) is 5.10 Å². The van der Waals surface area contributed by atoms with Crippen LogP contribution in [0.15, 0.2) is 46.8 Å². The lowest BCUT2D eigenvalue weighted by Crippen LogP contribution is -2.14. The molecule has 0 aliphatic carbocycles. The van der Waals surface area contributed by atoms with Gasteiger partial charge in [0, 0.05) is 5.69 Å². The molecule has 3 rings (SSSR count). The number of rotatable bonds is 5. The van der Waals surface area contributed by atoms with Gasteiger partial charge in [0.1, 0.15) is 5.82 Å². The highest BCUT2D eigenvalue weighted by atomic mass is 32.2. The van der Waals surface area contributed by atoms with Gasteiger partial charge in [-0.2, -0.15) is 0 Å². The predicted octanol–water partition coefficient (Wildman–Crippen LogP) is 5.15. The Morgan fingerprint density at radius 1 is 1.23 bits per heavy atom. The summed E-state index contributed by atoms with van der Waals surface area (Å²) in [6, 6.07) is 11.8. The third-order valence-corrected chi connectivity index (χ3v) is 6.08. The zero-order valence-electron chi connectivity index (χ0n) is 14.2. The molecule has 0 spiro atoms. The van der Waals surface area contributed by atoms with Crippen molar-refractivity contribution in [1.82, 2.24) is 9.78 Å². The Balaban J connectivity index is 1.63. The number of aryl methyl sites for hydroxylation is 2. The SMILES string of the molecule is Cc1ccc(NC(=O)CSc2nn(-c3ccc(F)cc3)c(=S)s2)cc1C. The maximum atomic E-state index is 13.0. The first kappa shape index (κ1) is 18.8. The molecule has 0 saturated heterocycles. The van der Waals surface area contributed by atoms with Crippen LogP contribution in [0.25, 0.3) is 5.69 Å². The van der Waals surface area contributed by atoms with Crippen LogP contribution in [0, 0.1) is 23.6 Å². The van der Waals surface area contributed by atoms with Crippen LogP contribution >= 0.6 is 35.3 Å². The van der Waals surface area contributed by atoms with Crippen LogP contribution < -0.4 is 5.32 Å². The highest BCUT2D eigenvalue weighted by Gasteiger charge is 2.10. The van der Waals surface area contributed by atoms with Crippen LogP contribution in [0.3, 0.4) is 0 Å². The second-order valence-electron chi connectivity index (χ2n) is 5.66. The van der Waals surface area contributed by atoms with Gasteiger partial charge in [-0.1, -0.05) is 29.2 Å². The maximum Gasteiger partial charge on any atom is 0.234 e. The average molecular weight is 406 g/mol. The summed E-state index contributed by atoms with van der Waals surface area (Å²) in [6.45, 7) is 4.04. The number of hydrogen-bond acceptors (Lipinski definition) is 5. The second kappa shape index (κ2) is 8.11. The van der Waals surface area contributed by atoms with Gasteiger partial charge >= 0.3 is 0 Å². The Hall–Kier alpha value is -2.03. The Morgan fingerprint density at radius 3 is 2.65 bits per heavy atom. The predicted molar refractivity (Wildman–Crippen MR) is 108 cm³/mol.